The fourth-order valence-electron chi connectivity index (χ4n) is 3.40. The van der Waals surface area contributed by atoms with Crippen LogP contribution < -0.4 is 5.32 Å². The second-order valence-electron chi connectivity index (χ2n) is 6.13. The maximum atomic E-state index is 12.3. The van der Waals surface area contributed by atoms with E-state index in [4.69, 9.17) is 0 Å². The van der Waals surface area contributed by atoms with E-state index >= 15 is 0 Å². The number of nitrogens with zero attached hydrogens (tertiary/aromatic N) is 3. The van der Waals surface area contributed by atoms with Gasteiger partial charge in [0.1, 0.15) is 5.82 Å². The first-order chi connectivity index (χ1) is 10.8. The van der Waals surface area contributed by atoms with E-state index in [1.165, 1.54) is 10.4 Å². The van der Waals surface area contributed by atoms with Crippen LogP contribution in [-0.2, 0) is 30.7 Å². The third-order valence-corrected chi connectivity index (χ3v) is 5.58. The zero-order valence-electron chi connectivity index (χ0n) is 12.5. The van der Waals surface area contributed by atoms with Crippen molar-refractivity contribution in [3.8, 4) is 0 Å². The van der Waals surface area contributed by atoms with Crippen LogP contribution in [0.5, 0.6) is 0 Å². The lowest BCUT2D eigenvalue weighted by molar-refractivity contribution is -0.123. The van der Waals surface area contributed by atoms with Gasteiger partial charge >= 0.3 is 0 Å². The fourth-order valence-corrected chi connectivity index (χ4v) is 4.29. The molecular formula is C16H20N4OS. The Bertz CT molecular complexity index is 621. The molecule has 0 fully saturated rings. The smallest absolute Gasteiger partial charge is 0.234 e. The Kier molecular flexibility index (Phi) is 3.72. The van der Waals surface area contributed by atoms with Crippen molar-refractivity contribution in [3.63, 3.8) is 0 Å². The SMILES string of the molecule is O=C(CN1CCc2sccc2C1)N[C@H]1CCc2nccn2C1. The number of aryl methyl sites for hydroxylation is 1. The van der Waals surface area contributed by atoms with Gasteiger partial charge < -0.3 is 9.88 Å². The lowest BCUT2D eigenvalue weighted by Gasteiger charge is -2.28. The summed E-state index contributed by atoms with van der Waals surface area (Å²) in [5.74, 6) is 1.28. The zero-order valence-corrected chi connectivity index (χ0v) is 13.3. The molecule has 5 nitrogen and oxygen atoms in total. The van der Waals surface area contributed by atoms with Crippen molar-refractivity contribution in [2.24, 2.45) is 0 Å². The molecule has 0 aromatic carbocycles. The third-order valence-electron chi connectivity index (χ3n) is 4.55. The molecule has 0 saturated heterocycles. The molecule has 2 aliphatic heterocycles. The second kappa shape index (κ2) is 5.85. The van der Waals surface area contributed by atoms with Crippen LogP contribution in [0.25, 0.3) is 0 Å². The van der Waals surface area contributed by atoms with Crippen LogP contribution in [0.3, 0.4) is 0 Å². The van der Waals surface area contributed by atoms with E-state index in [1.807, 2.05) is 23.7 Å². The molecule has 2 aliphatic rings. The lowest BCUT2D eigenvalue weighted by atomic mass is 10.1. The van der Waals surface area contributed by atoms with Gasteiger partial charge in [0.05, 0.1) is 6.54 Å². The summed E-state index contributed by atoms with van der Waals surface area (Å²) in [5.41, 5.74) is 1.39. The standard InChI is InChI=1S/C16H20N4OS/c21-16(11-19-6-3-14-12(9-19)4-8-22-14)18-13-1-2-15-17-5-7-20(15)10-13/h4-5,7-8,13H,1-3,6,9-11H2,(H,18,21)/t13-/m0/s1. The van der Waals surface area contributed by atoms with Gasteiger partial charge in [0, 0.05) is 49.4 Å². The van der Waals surface area contributed by atoms with Crippen LogP contribution in [0, 0.1) is 0 Å². The van der Waals surface area contributed by atoms with Gasteiger partial charge in [0.25, 0.3) is 0 Å². The Balaban J connectivity index is 1.31. The van der Waals surface area contributed by atoms with Gasteiger partial charge in [-0.2, -0.15) is 0 Å². The lowest BCUT2D eigenvalue weighted by Crippen LogP contribution is -2.46. The summed E-state index contributed by atoms with van der Waals surface area (Å²) >= 11 is 1.83. The Labute approximate surface area is 134 Å². The highest BCUT2D eigenvalue weighted by Crippen LogP contribution is 2.23. The Hall–Kier alpha value is -1.66. The summed E-state index contributed by atoms with van der Waals surface area (Å²) < 4.78 is 2.15. The number of hydrogen-bond acceptors (Lipinski definition) is 4. The number of rotatable bonds is 3. The number of carbonyl (C=O) groups is 1. The minimum absolute atomic E-state index is 0.146. The molecule has 1 atom stereocenters. The maximum Gasteiger partial charge on any atom is 0.234 e. The Morgan fingerprint density at radius 1 is 1.45 bits per heavy atom. The monoisotopic (exact) mass is 316 g/mol. The van der Waals surface area contributed by atoms with Crippen LogP contribution >= 0.6 is 11.3 Å². The van der Waals surface area contributed by atoms with Gasteiger partial charge in [0.2, 0.25) is 5.91 Å². The number of thiophene rings is 1. The topological polar surface area (TPSA) is 50.2 Å². The molecule has 0 spiro atoms. The summed E-state index contributed by atoms with van der Waals surface area (Å²) in [6.07, 6.45) is 6.83. The summed E-state index contributed by atoms with van der Waals surface area (Å²) in [5, 5.41) is 5.34. The Morgan fingerprint density at radius 2 is 2.41 bits per heavy atom. The van der Waals surface area contributed by atoms with E-state index < -0.39 is 0 Å². The second-order valence-corrected chi connectivity index (χ2v) is 7.13. The molecule has 2 aromatic rings. The average Bonchev–Trinajstić information content (AvgIpc) is 3.14. The van der Waals surface area contributed by atoms with Crippen LogP contribution in [-0.4, -0.2) is 39.5 Å². The number of carbonyl (C=O) groups excluding carboxylic acids is 1. The molecule has 4 rings (SSSR count). The molecule has 0 aliphatic carbocycles. The molecule has 1 amide bonds. The number of hydrogen-bond donors (Lipinski definition) is 1. The average molecular weight is 316 g/mol. The van der Waals surface area contributed by atoms with E-state index in [0.29, 0.717) is 6.54 Å². The van der Waals surface area contributed by atoms with E-state index in [-0.39, 0.29) is 11.9 Å². The van der Waals surface area contributed by atoms with Crippen molar-refractivity contribution in [1.29, 1.82) is 0 Å². The zero-order chi connectivity index (χ0) is 14.9. The first-order valence-electron chi connectivity index (χ1n) is 7.85. The number of fused-ring (bicyclic) bond motifs is 2. The minimum atomic E-state index is 0.146. The number of nitrogens with one attached hydrogen (secondary N) is 1. The van der Waals surface area contributed by atoms with Crippen LogP contribution in [0.15, 0.2) is 23.8 Å². The summed E-state index contributed by atoms with van der Waals surface area (Å²) in [6, 6.07) is 2.42. The fraction of sp³-hybridized carbons (Fsp3) is 0.500. The molecule has 6 heteroatoms. The van der Waals surface area contributed by atoms with Crippen LogP contribution in [0.4, 0.5) is 0 Å². The molecule has 0 saturated carbocycles. The van der Waals surface area contributed by atoms with E-state index in [1.54, 1.807) is 0 Å². The van der Waals surface area contributed by atoms with Crippen molar-refractivity contribution < 1.29 is 4.79 Å². The largest absolute Gasteiger partial charge is 0.350 e. The van der Waals surface area contributed by atoms with E-state index in [2.05, 4.69) is 31.2 Å². The van der Waals surface area contributed by atoms with Crippen molar-refractivity contribution in [3.05, 3.63) is 40.1 Å². The predicted octanol–water partition coefficient (Wildman–Crippen LogP) is 1.43. The normalized spacial score (nSPS) is 21.2. The predicted molar refractivity (Wildman–Crippen MR) is 85.8 cm³/mol. The molecule has 0 radical (unpaired) electrons. The first-order valence-corrected chi connectivity index (χ1v) is 8.73. The summed E-state index contributed by atoms with van der Waals surface area (Å²) in [7, 11) is 0. The van der Waals surface area contributed by atoms with E-state index in [9.17, 15) is 4.79 Å². The molecule has 4 heterocycles. The molecule has 0 unspecified atom stereocenters. The molecule has 2 aromatic heterocycles. The Morgan fingerprint density at radius 3 is 3.36 bits per heavy atom. The quantitative estimate of drug-likeness (QED) is 0.932. The van der Waals surface area contributed by atoms with Crippen molar-refractivity contribution in [2.75, 3.05) is 13.1 Å². The van der Waals surface area contributed by atoms with Crippen LogP contribution in [0.1, 0.15) is 22.7 Å². The molecule has 1 N–H and O–H groups in total. The number of imidazole rings is 1. The molecule has 0 bridgehead atoms. The van der Waals surface area contributed by atoms with Crippen molar-refractivity contribution in [2.45, 2.75) is 38.4 Å². The first kappa shape index (κ1) is 14.0. The van der Waals surface area contributed by atoms with Crippen LogP contribution in [0.2, 0.25) is 0 Å². The van der Waals surface area contributed by atoms with Gasteiger partial charge in [-0.3, -0.25) is 9.69 Å². The highest BCUT2D eigenvalue weighted by atomic mass is 32.1. The van der Waals surface area contributed by atoms with Gasteiger partial charge in [-0.1, -0.05) is 0 Å². The van der Waals surface area contributed by atoms with E-state index in [0.717, 1.165) is 44.7 Å². The number of aromatic nitrogens is 2. The summed E-state index contributed by atoms with van der Waals surface area (Å²) in [6.45, 7) is 3.23. The number of amides is 1. The van der Waals surface area contributed by atoms with Gasteiger partial charge in [-0.25, -0.2) is 4.98 Å². The van der Waals surface area contributed by atoms with Gasteiger partial charge in [-0.15, -0.1) is 11.3 Å². The summed E-state index contributed by atoms with van der Waals surface area (Å²) in [4.78, 5) is 20.4. The highest BCUT2D eigenvalue weighted by Gasteiger charge is 2.23. The third kappa shape index (κ3) is 2.80. The highest BCUT2D eigenvalue weighted by molar-refractivity contribution is 7.10. The van der Waals surface area contributed by atoms with Crippen molar-refractivity contribution >= 4 is 17.2 Å². The molecule has 116 valence electrons. The molecule has 22 heavy (non-hydrogen) atoms. The van der Waals surface area contributed by atoms with Crippen molar-refractivity contribution in [1.82, 2.24) is 19.8 Å². The van der Waals surface area contributed by atoms with Gasteiger partial charge in [-0.05, 0) is 29.9 Å². The minimum Gasteiger partial charge on any atom is -0.350 e. The maximum absolute atomic E-state index is 12.3. The van der Waals surface area contributed by atoms with Gasteiger partial charge in [0.15, 0.2) is 0 Å². The molecular weight excluding hydrogens is 296 g/mol.